The van der Waals surface area contributed by atoms with Gasteiger partial charge in [-0.15, -0.1) is 0 Å². The monoisotopic (exact) mass is 294 g/mol. The van der Waals surface area contributed by atoms with Crippen molar-refractivity contribution in [2.45, 2.75) is 6.42 Å². The summed E-state index contributed by atoms with van der Waals surface area (Å²) in [6.07, 6.45) is 0.975. The van der Waals surface area contributed by atoms with E-state index in [4.69, 9.17) is 20.9 Å². The van der Waals surface area contributed by atoms with Crippen LogP contribution in [0.5, 0.6) is 0 Å². The first-order valence-electron chi connectivity index (χ1n) is 4.42. The van der Waals surface area contributed by atoms with Crippen LogP contribution < -0.4 is 4.46 Å². The summed E-state index contributed by atoms with van der Waals surface area (Å²) in [6.45, 7) is 1.54. The van der Waals surface area contributed by atoms with E-state index in [9.17, 15) is 0 Å². The molecule has 5 heteroatoms. The van der Waals surface area contributed by atoms with Gasteiger partial charge in [0.05, 0.1) is 0 Å². The number of hydrogen-bond acceptors (Lipinski definition) is 3. The predicted molar refractivity (Wildman–Crippen MR) is 62.6 cm³/mol. The molecule has 1 saturated heterocycles. The van der Waals surface area contributed by atoms with Crippen LogP contribution in [0.25, 0.3) is 0 Å². The first-order valence-corrected chi connectivity index (χ1v) is 10.1. The SMILES string of the molecule is S=P1([Se]c2ccccc2)OCCCO1. The molecule has 1 fully saturated rings. The minimum atomic E-state index is -1.94. The Labute approximate surface area is 94.9 Å². The second kappa shape index (κ2) is 4.89. The Hall–Kier alpha value is 0.309. The van der Waals surface area contributed by atoms with Crippen LogP contribution >= 0.6 is 5.18 Å². The summed E-state index contributed by atoms with van der Waals surface area (Å²) in [6, 6.07) is 10.3. The molecule has 0 saturated carbocycles. The minimum absolute atomic E-state index is 0.157. The molecule has 76 valence electrons. The van der Waals surface area contributed by atoms with Gasteiger partial charge in [0.2, 0.25) is 0 Å². The summed E-state index contributed by atoms with van der Waals surface area (Å²) in [5.74, 6) is 0. The molecule has 0 N–H and O–H groups in total. The van der Waals surface area contributed by atoms with Crippen LogP contribution in [-0.2, 0) is 20.9 Å². The van der Waals surface area contributed by atoms with Gasteiger partial charge in [0.1, 0.15) is 0 Å². The van der Waals surface area contributed by atoms with E-state index in [1.165, 1.54) is 4.46 Å². The number of hydrogen-bond donors (Lipinski definition) is 0. The average molecular weight is 293 g/mol. The summed E-state index contributed by atoms with van der Waals surface area (Å²) in [5, 5.41) is -1.94. The quantitative estimate of drug-likeness (QED) is 0.610. The Morgan fingerprint density at radius 2 is 1.79 bits per heavy atom. The summed E-state index contributed by atoms with van der Waals surface area (Å²) in [4.78, 5) is 0. The van der Waals surface area contributed by atoms with Gasteiger partial charge in [0.25, 0.3) is 0 Å². The molecule has 1 aromatic rings. The maximum absolute atomic E-state index is 5.60. The van der Waals surface area contributed by atoms with Crippen molar-refractivity contribution in [3.63, 3.8) is 0 Å². The van der Waals surface area contributed by atoms with Crippen molar-refractivity contribution in [2.24, 2.45) is 0 Å². The summed E-state index contributed by atoms with van der Waals surface area (Å²) in [5.41, 5.74) is 0. The topological polar surface area (TPSA) is 18.5 Å². The third-order valence-corrected chi connectivity index (χ3v) is 9.61. The summed E-state index contributed by atoms with van der Waals surface area (Å²) >= 11 is 5.59. The van der Waals surface area contributed by atoms with E-state index in [-0.39, 0.29) is 14.5 Å². The molecule has 0 amide bonds. The molecule has 1 aromatic carbocycles. The Morgan fingerprint density at radius 3 is 2.43 bits per heavy atom. The van der Waals surface area contributed by atoms with Crippen molar-refractivity contribution in [2.75, 3.05) is 13.2 Å². The van der Waals surface area contributed by atoms with Gasteiger partial charge >= 0.3 is 95.0 Å². The first kappa shape index (κ1) is 10.8. The van der Waals surface area contributed by atoms with Crippen LogP contribution in [0, 0.1) is 0 Å². The molecule has 0 radical (unpaired) electrons. The Morgan fingerprint density at radius 1 is 1.14 bits per heavy atom. The predicted octanol–water partition coefficient (Wildman–Crippen LogP) is 1.68. The Bertz CT molecular complexity index is 334. The molecular formula is C9H11O2PSSe. The molecule has 1 aliphatic heterocycles. The zero-order valence-electron chi connectivity index (χ0n) is 7.59. The van der Waals surface area contributed by atoms with E-state index in [1.54, 1.807) is 0 Å². The zero-order valence-corrected chi connectivity index (χ0v) is 11.0. The van der Waals surface area contributed by atoms with E-state index in [0.717, 1.165) is 19.6 Å². The third-order valence-electron chi connectivity index (χ3n) is 1.75. The third kappa shape index (κ3) is 2.90. The molecule has 1 heterocycles. The molecule has 0 spiro atoms. The summed E-state index contributed by atoms with van der Waals surface area (Å²) < 4.78 is 12.5. The molecule has 0 aromatic heterocycles. The van der Waals surface area contributed by atoms with Crippen LogP contribution in [0.3, 0.4) is 0 Å². The van der Waals surface area contributed by atoms with Gasteiger partial charge in [0.15, 0.2) is 0 Å². The van der Waals surface area contributed by atoms with E-state index in [0.29, 0.717) is 0 Å². The van der Waals surface area contributed by atoms with Crippen LogP contribution in [0.4, 0.5) is 0 Å². The van der Waals surface area contributed by atoms with Gasteiger partial charge in [-0.3, -0.25) is 0 Å². The first-order chi connectivity index (χ1) is 6.79. The van der Waals surface area contributed by atoms with Crippen molar-refractivity contribution in [1.82, 2.24) is 0 Å². The fraction of sp³-hybridized carbons (Fsp3) is 0.333. The van der Waals surface area contributed by atoms with E-state index in [2.05, 4.69) is 12.1 Å². The average Bonchev–Trinajstić information content (AvgIpc) is 2.19. The van der Waals surface area contributed by atoms with Crippen molar-refractivity contribution in [1.29, 1.82) is 0 Å². The Balaban J connectivity index is 2.06. The van der Waals surface area contributed by atoms with E-state index >= 15 is 0 Å². The van der Waals surface area contributed by atoms with Gasteiger partial charge in [-0.25, -0.2) is 0 Å². The molecule has 0 atom stereocenters. The van der Waals surface area contributed by atoms with Crippen LogP contribution in [0.15, 0.2) is 30.3 Å². The fourth-order valence-electron chi connectivity index (χ4n) is 1.11. The molecule has 0 aliphatic carbocycles. The number of benzene rings is 1. The fourth-order valence-corrected chi connectivity index (χ4v) is 8.49. The molecular weight excluding hydrogens is 282 g/mol. The van der Waals surface area contributed by atoms with Crippen molar-refractivity contribution < 1.29 is 9.05 Å². The van der Waals surface area contributed by atoms with Crippen molar-refractivity contribution in [3.8, 4) is 0 Å². The van der Waals surface area contributed by atoms with Crippen LogP contribution in [0.2, 0.25) is 0 Å². The molecule has 0 unspecified atom stereocenters. The molecule has 2 rings (SSSR count). The number of rotatable bonds is 2. The van der Waals surface area contributed by atoms with Crippen LogP contribution in [0.1, 0.15) is 6.42 Å². The van der Waals surface area contributed by atoms with Crippen molar-refractivity contribution >= 4 is 36.0 Å². The van der Waals surface area contributed by atoms with E-state index < -0.39 is 5.18 Å². The zero-order chi connectivity index (χ0) is 9.86. The van der Waals surface area contributed by atoms with Gasteiger partial charge in [-0.2, -0.15) is 0 Å². The molecule has 2 nitrogen and oxygen atoms in total. The Kier molecular flexibility index (Phi) is 3.78. The van der Waals surface area contributed by atoms with Crippen LogP contribution in [-0.4, -0.2) is 27.7 Å². The maximum atomic E-state index is 5.60. The molecule has 1 aliphatic rings. The van der Waals surface area contributed by atoms with E-state index in [1.807, 2.05) is 18.2 Å². The normalized spacial score (nSPS) is 20.6. The second-order valence-electron chi connectivity index (χ2n) is 2.87. The second-order valence-corrected chi connectivity index (χ2v) is 12.6. The molecule has 14 heavy (non-hydrogen) atoms. The van der Waals surface area contributed by atoms with Gasteiger partial charge in [-0.1, -0.05) is 0 Å². The van der Waals surface area contributed by atoms with Gasteiger partial charge in [0, 0.05) is 0 Å². The van der Waals surface area contributed by atoms with Gasteiger partial charge < -0.3 is 0 Å². The van der Waals surface area contributed by atoms with Crippen molar-refractivity contribution in [3.05, 3.63) is 30.3 Å². The molecule has 0 bridgehead atoms. The standard InChI is InChI=1S/C9H11O2PSSe/c13-12(10-7-4-8-11-12)14-9-5-2-1-3-6-9/h1-3,5-6H,4,7-8H2. The summed E-state index contributed by atoms with van der Waals surface area (Å²) in [7, 11) is 0. The van der Waals surface area contributed by atoms with Gasteiger partial charge in [-0.05, 0) is 0 Å².